The third-order valence-corrected chi connectivity index (χ3v) is 6.39. The number of nitrogens with two attached hydrogens (primary N) is 1. The Balaban J connectivity index is 3.91. The number of hydrogen-bond donors (Lipinski definition) is 2. The lowest BCUT2D eigenvalue weighted by molar-refractivity contribution is -0.0680. The predicted octanol–water partition coefficient (Wildman–Crippen LogP) is 7.72. The van der Waals surface area contributed by atoms with Gasteiger partial charge in [0.1, 0.15) is 5.72 Å². The molecule has 0 aliphatic carbocycles. The summed E-state index contributed by atoms with van der Waals surface area (Å²) in [5, 5.41) is 10.5. The van der Waals surface area contributed by atoms with E-state index in [9.17, 15) is 5.11 Å². The lowest BCUT2D eigenvalue weighted by atomic mass is 9.72. The molecular weight excluding hydrogens is 318 g/mol. The summed E-state index contributed by atoms with van der Waals surface area (Å²) in [4.78, 5) is 0. The van der Waals surface area contributed by atoms with Crippen LogP contribution in [0.3, 0.4) is 0 Å². The molecule has 3 N–H and O–H groups in total. The molecule has 0 radical (unpaired) electrons. The summed E-state index contributed by atoms with van der Waals surface area (Å²) < 4.78 is 0. The number of aliphatic hydroxyl groups is 1. The molecule has 0 aromatic rings. The Labute approximate surface area is 165 Å². The molecule has 0 rings (SSSR count). The van der Waals surface area contributed by atoms with Crippen molar-refractivity contribution >= 4 is 0 Å². The average molecular weight is 370 g/mol. The van der Waals surface area contributed by atoms with E-state index < -0.39 is 5.72 Å². The van der Waals surface area contributed by atoms with Gasteiger partial charge in [0, 0.05) is 5.41 Å². The Hall–Kier alpha value is -0.0800. The van der Waals surface area contributed by atoms with E-state index in [1.807, 2.05) is 6.92 Å². The van der Waals surface area contributed by atoms with Gasteiger partial charge in [0.25, 0.3) is 0 Å². The molecule has 0 aliphatic heterocycles. The van der Waals surface area contributed by atoms with Crippen LogP contribution in [0.25, 0.3) is 0 Å². The monoisotopic (exact) mass is 369 g/mol. The molecule has 0 saturated heterocycles. The summed E-state index contributed by atoms with van der Waals surface area (Å²) >= 11 is 0. The molecule has 2 heteroatoms. The molecule has 0 saturated carbocycles. The highest BCUT2D eigenvalue weighted by Crippen LogP contribution is 2.38. The van der Waals surface area contributed by atoms with Crippen molar-refractivity contribution < 1.29 is 5.11 Å². The number of hydrogen-bond acceptors (Lipinski definition) is 2. The van der Waals surface area contributed by atoms with Crippen LogP contribution in [0, 0.1) is 5.41 Å². The zero-order valence-electron chi connectivity index (χ0n) is 18.8. The first-order valence-corrected chi connectivity index (χ1v) is 11.9. The van der Waals surface area contributed by atoms with Crippen LogP contribution in [-0.4, -0.2) is 10.8 Å². The normalized spacial score (nSPS) is 14.5. The van der Waals surface area contributed by atoms with Gasteiger partial charge in [-0.25, -0.2) is 0 Å². The van der Waals surface area contributed by atoms with Crippen LogP contribution in [0.1, 0.15) is 143 Å². The molecule has 0 aliphatic rings. The van der Waals surface area contributed by atoms with Crippen LogP contribution >= 0.6 is 0 Å². The summed E-state index contributed by atoms with van der Waals surface area (Å²) in [5.41, 5.74) is 4.96. The smallest absolute Gasteiger partial charge is 0.116 e. The van der Waals surface area contributed by atoms with Gasteiger partial charge in [-0.3, -0.25) is 0 Å². The second-order valence-electron chi connectivity index (χ2n) is 9.16. The third kappa shape index (κ3) is 13.1. The molecule has 0 heterocycles. The van der Waals surface area contributed by atoms with Crippen molar-refractivity contribution in [2.75, 3.05) is 0 Å². The molecular formula is C24H51NO. The van der Waals surface area contributed by atoms with Crippen LogP contribution in [0.4, 0.5) is 0 Å². The van der Waals surface area contributed by atoms with E-state index in [1.165, 1.54) is 103 Å². The van der Waals surface area contributed by atoms with Crippen LogP contribution < -0.4 is 5.73 Å². The van der Waals surface area contributed by atoms with E-state index in [0.717, 1.165) is 12.8 Å². The first kappa shape index (κ1) is 25.9. The highest BCUT2D eigenvalue weighted by Gasteiger charge is 2.38. The molecule has 0 fully saturated rings. The molecule has 0 bridgehead atoms. The standard InChI is InChI=1S/C24H51NO/c1-5-7-9-11-13-15-17-19-21-23(3,24(4,25)26)22-20-18-16-14-12-10-8-6-2/h26H,5-22,25H2,1-4H3. The van der Waals surface area contributed by atoms with Gasteiger partial charge >= 0.3 is 0 Å². The average Bonchev–Trinajstić information content (AvgIpc) is 2.58. The van der Waals surface area contributed by atoms with E-state index >= 15 is 0 Å². The van der Waals surface area contributed by atoms with Crippen molar-refractivity contribution in [2.45, 2.75) is 149 Å². The van der Waals surface area contributed by atoms with Gasteiger partial charge in [-0.2, -0.15) is 0 Å². The van der Waals surface area contributed by atoms with Gasteiger partial charge in [-0.1, -0.05) is 124 Å². The van der Waals surface area contributed by atoms with Crippen molar-refractivity contribution in [2.24, 2.45) is 11.1 Å². The van der Waals surface area contributed by atoms with E-state index in [-0.39, 0.29) is 5.41 Å². The maximum atomic E-state index is 10.5. The Bertz CT molecular complexity index is 275. The van der Waals surface area contributed by atoms with Crippen LogP contribution in [0.15, 0.2) is 0 Å². The Morgan fingerprint density at radius 1 is 0.538 bits per heavy atom. The van der Waals surface area contributed by atoms with E-state index in [4.69, 9.17) is 5.73 Å². The fourth-order valence-electron chi connectivity index (χ4n) is 3.93. The van der Waals surface area contributed by atoms with Gasteiger partial charge < -0.3 is 10.8 Å². The molecule has 158 valence electrons. The summed E-state index contributed by atoms with van der Waals surface area (Å²) in [6.07, 6.45) is 23.5. The summed E-state index contributed by atoms with van der Waals surface area (Å²) in [6, 6.07) is 0. The van der Waals surface area contributed by atoms with Crippen molar-refractivity contribution in [1.82, 2.24) is 0 Å². The van der Waals surface area contributed by atoms with Crippen LogP contribution in [-0.2, 0) is 0 Å². The van der Waals surface area contributed by atoms with Gasteiger partial charge in [-0.05, 0) is 19.8 Å². The summed E-state index contributed by atoms with van der Waals surface area (Å²) in [6.45, 7) is 8.55. The molecule has 2 nitrogen and oxygen atoms in total. The Morgan fingerprint density at radius 2 is 0.808 bits per heavy atom. The highest BCUT2D eigenvalue weighted by molar-refractivity contribution is 4.88. The summed E-state index contributed by atoms with van der Waals surface area (Å²) in [7, 11) is 0. The maximum Gasteiger partial charge on any atom is 0.116 e. The highest BCUT2D eigenvalue weighted by atomic mass is 16.3. The quantitative estimate of drug-likeness (QED) is 0.181. The minimum absolute atomic E-state index is 0.141. The van der Waals surface area contributed by atoms with Gasteiger partial charge in [0.2, 0.25) is 0 Å². The van der Waals surface area contributed by atoms with Gasteiger partial charge in [0.05, 0.1) is 0 Å². The van der Waals surface area contributed by atoms with Crippen molar-refractivity contribution in [3.63, 3.8) is 0 Å². The molecule has 1 unspecified atom stereocenters. The summed E-state index contributed by atoms with van der Waals surface area (Å²) in [5.74, 6) is 0. The fraction of sp³-hybridized carbons (Fsp3) is 1.00. The first-order chi connectivity index (χ1) is 12.4. The van der Waals surface area contributed by atoms with E-state index in [0.29, 0.717) is 0 Å². The topological polar surface area (TPSA) is 46.2 Å². The van der Waals surface area contributed by atoms with Crippen LogP contribution in [0.2, 0.25) is 0 Å². The maximum absolute atomic E-state index is 10.5. The Morgan fingerprint density at radius 3 is 1.08 bits per heavy atom. The zero-order chi connectivity index (χ0) is 19.7. The lowest BCUT2D eigenvalue weighted by Gasteiger charge is -2.40. The van der Waals surface area contributed by atoms with Gasteiger partial charge in [0.15, 0.2) is 0 Å². The molecule has 0 aromatic heterocycles. The van der Waals surface area contributed by atoms with Crippen LogP contribution in [0.5, 0.6) is 0 Å². The van der Waals surface area contributed by atoms with E-state index in [1.54, 1.807) is 0 Å². The third-order valence-electron chi connectivity index (χ3n) is 6.39. The molecule has 0 spiro atoms. The zero-order valence-corrected chi connectivity index (χ0v) is 18.8. The molecule has 0 aromatic carbocycles. The number of unbranched alkanes of at least 4 members (excludes halogenated alkanes) is 14. The number of rotatable bonds is 19. The molecule has 26 heavy (non-hydrogen) atoms. The van der Waals surface area contributed by atoms with Crippen molar-refractivity contribution in [1.29, 1.82) is 0 Å². The van der Waals surface area contributed by atoms with Crippen molar-refractivity contribution in [3.8, 4) is 0 Å². The SMILES string of the molecule is CCCCCCCCCCC(C)(CCCCCCCCCC)C(C)(N)O. The second kappa shape index (κ2) is 15.9. The second-order valence-corrected chi connectivity index (χ2v) is 9.16. The first-order valence-electron chi connectivity index (χ1n) is 11.9. The fourth-order valence-corrected chi connectivity index (χ4v) is 3.93. The van der Waals surface area contributed by atoms with E-state index in [2.05, 4.69) is 20.8 Å². The minimum Gasteiger partial charge on any atom is -0.376 e. The lowest BCUT2D eigenvalue weighted by Crippen LogP contribution is -2.51. The largest absolute Gasteiger partial charge is 0.376 e. The predicted molar refractivity (Wildman–Crippen MR) is 117 cm³/mol. The Kier molecular flexibility index (Phi) is 15.9. The molecule has 0 amide bonds. The van der Waals surface area contributed by atoms with Gasteiger partial charge in [-0.15, -0.1) is 0 Å². The molecule has 1 atom stereocenters. The minimum atomic E-state index is -1.06. The van der Waals surface area contributed by atoms with Crippen molar-refractivity contribution in [3.05, 3.63) is 0 Å².